The van der Waals surface area contributed by atoms with E-state index in [4.69, 9.17) is 0 Å². The lowest BCUT2D eigenvalue weighted by molar-refractivity contribution is 1.07. The smallest absolute Gasteiger partial charge is 0.0281 e. The van der Waals surface area contributed by atoms with E-state index in [9.17, 15) is 0 Å². The van der Waals surface area contributed by atoms with E-state index in [1.807, 2.05) is 0 Å². The fourth-order valence-electron chi connectivity index (χ4n) is 6.32. The van der Waals surface area contributed by atoms with Crippen molar-refractivity contribution in [2.75, 3.05) is 0 Å². The van der Waals surface area contributed by atoms with E-state index in [0.717, 1.165) is 6.42 Å². The van der Waals surface area contributed by atoms with Crippen LogP contribution in [0.2, 0.25) is 0 Å². The van der Waals surface area contributed by atoms with Crippen molar-refractivity contribution >= 4 is 17.2 Å². The lowest BCUT2D eigenvalue weighted by Gasteiger charge is -2.20. The number of rotatable bonds is 5. The Morgan fingerprint density at radius 2 is 1.36 bits per heavy atom. The Balaban J connectivity index is 1.24. The second-order valence-electron chi connectivity index (χ2n) is 10.6. The molecule has 1 unspecified atom stereocenters. The van der Waals surface area contributed by atoms with Crippen molar-refractivity contribution in [3.05, 3.63) is 184 Å². The summed E-state index contributed by atoms with van der Waals surface area (Å²) in [6, 6.07) is 44.0. The highest BCUT2D eigenvalue weighted by atomic mass is 14.3. The van der Waals surface area contributed by atoms with Gasteiger partial charge in [-0.05, 0) is 86.2 Å². The minimum Gasteiger partial charge on any atom is -0.0726 e. The predicted molar refractivity (Wildman–Crippen MR) is 166 cm³/mol. The predicted octanol–water partition coefficient (Wildman–Crippen LogP) is 9.89. The molecule has 0 amide bonds. The molecule has 5 aromatic carbocycles. The molecule has 7 rings (SSSR count). The van der Waals surface area contributed by atoms with Crippen molar-refractivity contribution in [3.63, 3.8) is 0 Å². The molecule has 1 atom stereocenters. The van der Waals surface area contributed by atoms with E-state index in [-0.39, 0.29) is 5.92 Å². The SMILES string of the molecule is Cc1cc(C=C(c2ccccc2)c2ccccc2)ccc1C1=CC=CC1c1cccc2c1Cc1ccccc1-2. The Morgan fingerprint density at radius 3 is 2.10 bits per heavy atom. The molecule has 0 aliphatic heterocycles. The first-order valence-corrected chi connectivity index (χ1v) is 13.8. The van der Waals surface area contributed by atoms with Crippen LogP contribution in [0.1, 0.15) is 50.4 Å². The maximum absolute atomic E-state index is 2.37. The zero-order chi connectivity index (χ0) is 26.2. The van der Waals surface area contributed by atoms with E-state index in [1.54, 1.807) is 0 Å². The van der Waals surface area contributed by atoms with Crippen molar-refractivity contribution < 1.29 is 0 Å². The molecule has 2 aliphatic rings. The molecule has 0 saturated carbocycles. The van der Waals surface area contributed by atoms with Crippen molar-refractivity contribution in [2.45, 2.75) is 19.3 Å². The van der Waals surface area contributed by atoms with Gasteiger partial charge in [-0.3, -0.25) is 0 Å². The van der Waals surface area contributed by atoms with Gasteiger partial charge >= 0.3 is 0 Å². The average molecular weight is 499 g/mol. The van der Waals surface area contributed by atoms with Gasteiger partial charge < -0.3 is 0 Å². The van der Waals surface area contributed by atoms with Crippen molar-refractivity contribution in [3.8, 4) is 11.1 Å². The zero-order valence-corrected chi connectivity index (χ0v) is 22.1. The van der Waals surface area contributed by atoms with Gasteiger partial charge in [0.1, 0.15) is 0 Å². The number of allylic oxidation sites excluding steroid dienone is 4. The number of benzene rings is 5. The van der Waals surface area contributed by atoms with Crippen LogP contribution in [-0.2, 0) is 6.42 Å². The summed E-state index contributed by atoms with van der Waals surface area (Å²) in [7, 11) is 0. The molecule has 0 saturated heterocycles. The highest BCUT2D eigenvalue weighted by molar-refractivity contribution is 5.92. The molecule has 0 spiro atoms. The van der Waals surface area contributed by atoms with Gasteiger partial charge in [0.2, 0.25) is 0 Å². The molecular weight excluding hydrogens is 468 g/mol. The van der Waals surface area contributed by atoms with Gasteiger partial charge in [-0.2, -0.15) is 0 Å². The Labute approximate surface area is 231 Å². The van der Waals surface area contributed by atoms with Crippen LogP contribution in [0.3, 0.4) is 0 Å². The zero-order valence-electron chi connectivity index (χ0n) is 22.1. The van der Waals surface area contributed by atoms with Crippen LogP contribution in [0.25, 0.3) is 28.3 Å². The molecule has 186 valence electrons. The van der Waals surface area contributed by atoms with Crippen molar-refractivity contribution in [1.29, 1.82) is 0 Å². The Morgan fingerprint density at radius 1 is 0.667 bits per heavy atom. The normalized spacial score (nSPS) is 15.0. The second-order valence-corrected chi connectivity index (χ2v) is 10.6. The summed E-state index contributed by atoms with van der Waals surface area (Å²) in [6.07, 6.45) is 10.2. The maximum Gasteiger partial charge on any atom is 0.0281 e. The highest BCUT2D eigenvalue weighted by Gasteiger charge is 2.27. The maximum atomic E-state index is 2.37. The summed E-state index contributed by atoms with van der Waals surface area (Å²) in [6.45, 7) is 2.25. The fraction of sp³-hybridized carbons (Fsp3) is 0.0769. The molecule has 2 aliphatic carbocycles. The van der Waals surface area contributed by atoms with Gasteiger partial charge in [0.25, 0.3) is 0 Å². The van der Waals surface area contributed by atoms with Gasteiger partial charge in [-0.1, -0.05) is 140 Å². The third-order valence-electron chi connectivity index (χ3n) is 8.18. The van der Waals surface area contributed by atoms with Crippen LogP contribution in [0.4, 0.5) is 0 Å². The molecule has 0 heterocycles. The first-order valence-electron chi connectivity index (χ1n) is 13.8. The van der Waals surface area contributed by atoms with E-state index in [0.29, 0.717) is 0 Å². The summed E-state index contributed by atoms with van der Waals surface area (Å²) in [5.74, 6) is 0.276. The molecule has 0 aromatic heterocycles. The van der Waals surface area contributed by atoms with Crippen LogP contribution < -0.4 is 0 Å². The quantitative estimate of drug-likeness (QED) is 0.207. The molecule has 0 bridgehead atoms. The lowest BCUT2D eigenvalue weighted by atomic mass is 9.83. The third-order valence-corrected chi connectivity index (χ3v) is 8.18. The monoisotopic (exact) mass is 498 g/mol. The summed E-state index contributed by atoms with van der Waals surface area (Å²) < 4.78 is 0. The Hall–Kier alpha value is -4.68. The Kier molecular flexibility index (Phi) is 5.94. The van der Waals surface area contributed by atoms with Gasteiger partial charge in [0, 0.05) is 5.92 Å². The number of fused-ring (bicyclic) bond motifs is 3. The minimum absolute atomic E-state index is 0.276. The molecular formula is C39H30. The van der Waals surface area contributed by atoms with E-state index >= 15 is 0 Å². The van der Waals surface area contributed by atoms with Crippen LogP contribution in [-0.4, -0.2) is 0 Å². The van der Waals surface area contributed by atoms with E-state index < -0.39 is 0 Å². The summed E-state index contributed by atoms with van der Waals surface area (Å²) in [5, 5.41) is 0. The molecule has 0 heteroatoms. The first-order chi connectivity index (χ1) is 19.3. The van der Waals surface area contributed by atoms with Gasteiger partial charge in [0.15, 0.2) is 0 Å². The minimum atomic E-state index is 0.276. The number of hydrogen-bond acceptors (Lipinski definition) is 0. The Bertz CT molecular complexity index is 1720. The van der Waals surface area contributed by atoms with Crippen molar-refractivity contribution in [2.24, 2.45) is 0 Å². The summed E-state index contributed by atoms with van der Waals surface area (Å²) in [4.78, 5) is 0. The molecule has 0 nitrogen and oxygen atoms in total. The summed E-state index contributed by atoms with van der Waals surface area (Å²) in [5.41, 5.74) is 16.1. The lowest BCUT2D eigenvalue weighted by Crippen LogP contribution is -2.02. The largest absolute Gasteiger partial charge is 0.0726 e. The molecule has 0 N–H and O–H groups in total. The van der Waals surface area contributed by atoms with Gasteiger partial charge in [0.05, 0.1) is 0 Å². The van der Waals surface area contributed by atoms with Gasteiger partial charge in [-0.15, -0.1) is 0 Å². The fourth-order valence-corrected chi connectivity index (χ4v) is 6.32. The number of aryl methyl sites for hydroxylation is 1. The van der Waals surface area contributed by atoms with Crippen LogP contribution >= 0.6 is 0 Å². The third kappa shape index (κ3) is 4.29. The van der Waals surface area contributed by atoms with Crippen molar-refractivity contribution in [1.82, 2.24) is 0 Å². The standard InChI is InChI=1S/C39H30/c1-27-24-28(25-38(29-12-4-2-5-13-29)30-14-6-3-7-15-30)22-23-32(27)34-18-10-20-36(34)37-21-11-19-35-33-17-9-8-16-31(33)26-39(35)37/h2-25,36H,26H2,1H3. The summed E-state index contributed by atoms with van der Waals surface area (Å²) >= 11 is 0. The van der Waals surface area contributed by atoms with Crippen LogP contribution in [0.15, 0.2) is 140 Å². The van der Waals surface area contributed by atoms with E-state index in [2.05, 4.69) is 153 Å². The molecule has 5 aromatic rings. The van der Waals surface area contributed by atoms with Crippen LogP contribution in [0.5, 0.6) is 0 Å². The molecule has 0 fully saturated rings. The van der Waals surface area contributed by atoms with Gasteiger partial charge in [-0.25, -0.2) is 0 Å². The molecule has 0 radical (unpaired) electrons. The molecule has 39 heavy (non-hydrogen) atoms. The van der Waals surface area contributed by atoms with Crippen LogP contribution in [0, 0.1) is 6.92 Å². The average Bonchev–Trinajstić information content (AvgIpc) is 3.62. The number of hydrogen-bond donors (Lipinski definition) is 0. The topological polar surface area (TPSA) is 0 Å². The highest BCUT2D eigenvalue weighted by Crippen LogP contribution is 2.45. The second kappa shape index (κ2) is 9.89. The first kappa shape index (κ1) is 23.4. The van der Waals surface area contributed by atoms with E-state index in [1.165, 1.54) is 66.8 Å².